The number of aromatic nitrogens is 4. The van der Waals surface area contributed by atoms with E-state index in [1.807, 2.05) is 0 Å². The fraction of sp³-hybridized carbons (Fsp3) is 0.312. The number of primary sulfonamides is 1. The highest BCUT2D eigenvalue weighted by molar-refractivity contribution is 7.89. The molecule has 3 N–H and O–H groups in total. The largest absolute Gasteiger partial charge is 0.453 e. The molecule has 3 aromatic rings. The molecule has 8 nitrogen and oxygen atoms in total. The van der Waals surface area contributed by atoms with E-state index >= 15 is 0 Å². The predicted molar refractivity (Wildman–Crippen MR) is 95.3 cm³/mol. The monoisotopic (exact) mass is 414 g/mol. The number of hydrogen-bond donors (Lipinski definition) is 2. The van der Waals surface area contributed by atoms with Crippen LogP contribution in [0, 0.1) is 13.8 Å². The van der Waals surface area contributed by atoms with Gasteiger partial charge in [0.1, 0.15) is 5.82 Å². The molecule has 2 aromatic heterocycles. The molecular weight excluding hydrogens is 397 g/mol. The second-order valence-electron chi connectivity index (χ2n) is 6.22. The summed E-state index contributed by atoms with van der Waals surface area (Å²) in [6.07, 6.45) is -4.17. The lowest BCUT2D eigenvalue weighted by Gasteiger charge is -2.12. The minimum Gasteiger partial charge on any atom is -0.368 e. The maximum absolute atomic E-state index is 13.1. The van der Waals surface area contributed by atoms with E-state index in [0.717, 1.165) is 5.56 Å². The third-order valence-electron chi connectivity index (χ3n) is 4.31. The van der Waals surface area contributed by atoms with E-state index in [0.29, 0.717) is 28.6 Å². The van der Waals surface area contributed by atoms with E-state index in [-0.39, 0.29) is 16.4 Å². The third-order valence-corrected chi connectivity index (χ3v) is 5.23. The Morgan fingerprint density at radius 1 is 1.11 bits per heavy atom. The lowest BCUT2D eigenvalue weighted by atomic mass is 10.1. The Labute approximate surface area is 158 Å². The average Bonchev–Trinajstić information content (AvgIpc) is 3.03. The van der Waals surface area contributed by atoms with Crippen molar-refractivity contribution in [3.05, 3.63) is 46.8 Å². The molecule has 0 aliphatic rings. The molecular formula is C16H17F3N6O2S. The molecule has 0 fully saturated rings. The van der Waals surface area contributed by atoms with Gasteiger partial charge in [0.05, 0.1) is 4.90 Å². The average molecular weight is 414 g/mol. The maximum Gasteiger partial charge on any atom is 0.453 e. The number of sulfonamides is 1. The van der Waals surface area contributed by atoms with Crippen molar-refractivity contribution in [2.24, 2.45) is 5.14 Å². The Kier molecular flexibility index (Phi) is 5.02. The molecule has 28 heavy (non-hydrogen) atoms. The van der Waals surface area contributed by atoms with E-state index in [2.05, 4.69) is 20.6 Å². The first-order valence-corrected chi connectivity index (χ1v) is 9.68. The summed E-state index contributed by atoms with van der Waals surface area (Å²) in [5, 5.41) is 18.9. The minimum atomic E-state index is -4.67. The summed E-state index contributed by atoms with van der Waals surface area (Å²) in [6, 6.07) is 6.05. The summed E-state index contributed by atoms with van der Waals surface area (Å²) in [5.41, 5.74) is 2.08. The van der Waals surface area contributed by atoms with Crippen LogP contribution in [0.3, 0.4) is 0 Å². The van der Waals surface area contributed by atoms with Gasteiger partial charge in [-0.05, 0) is 43.5 Å². The number of anilines is 1. The summed E-state index contributed by atoms with van der Waals surface area (Å²) < 4.78 is 62.4. The molecule has 0 unspecified atom stereocenters. The van der Waals surface area contributed by atoms with Crippen LogP contribution in [0.4, 0.5) is 19.0 Å². The van der Waals surface area contributed by atoms with Gasteiger partial charge in [-0.25, -0.2) is 13.6 Å². The van der Waals surface area contributed by atoms with E-state index in [4.69, 9.17) is 5.14 Å². The molecule has 0 bridgehead atoms. The van der Waals surface area contributed by atoms with Crippen molar-refractivity contribution in [1.82, 2.24) is 19.8 Å². The first-order valence-electron chi connectivity index (χ1n) is 8.14. The van der Waals surface area contributed by atoms with Crippen LogP contribution in [-0.2, 0) is 22.6 Å². The molecule has 0 saturated carbocycles. The standard InChI is InChI=1S/C16H17F3N6O2S/c1-9-10(2)14-22-23-15(16(17,18)19)25(14)24-13(9)21-8-7-11-3-5-12(6-4-11)28(20,26)27/h3-6H,7-8H2,1-2H3,(H,21,24)(H2,20,26,27). The number of nitrogens with one attached hydrogen (secondary N) is 1. The normalized spacial score (nSPS) is 12.5. The van der Waals surface area contributed by atoms with Crippen LogP contribution in [0.25, 0.3) is 5.65 Å². The molecule has 0 spiro atoms. The van der Waals surface area contributed by atoms with Crippen molar-refractivity contribution in [2.75, 3.05) is 11.9 Å². The number of hydrogen-bond acceptors (Lipinski definition) is 6. The number of rotatable bonds is 5. The van der Waals surface area contributed by atoms with E-state index in [1.54, 1.807) is 26.0 Å². The van der Waals surface area contributed by atoms with Gasteiger partial charge in [-0.3, -0.25) is 0 Å². The van der Waals surface area contributed by atoms with Crippen LogP contribution >= 0.6 is 0 Å². The lowest BCUT2D eigenvalue weighted by Crippen LogP contribution is -2.16. The number of fused-ring (bicyclic) bond motifs is 1. The molecule has 0 radical (unpaired) electrons. The van der Waals surface area contributed by atoms with Gasteiger partial charge in [0, 0.05) is 12.1 Å². The fourth-order valence-electron chi connectivity index (χ4n) is 2.64. The number of halogens is 3. The summed E-state index contributed by atoms with van der Waals surface area (Å²) in [6.45, 7) is 3.75. The van der Waals surface area contributed by atoms with Crippen LogP contribution in [0.2, 0.25) is 0 Å². The Bertz CT molecular complexity index is 1120. The number of alkyl halides is 3. The van der Waals surface area contributed by atoms with Crippen molar-refractivity contribution < 1.29 is 21.6 Å². The van der Waals surface area contributed by atoms with Crippen molar-refractivity contribution >= 4 is 21.5 Å². The second kappa shape index (κ2) is 7.02. The molecule has 0 aliphatic carbocycles. The van der Waals surface area contributed by atoms with Crippen molar-refractivity contribution in [3.63, 3.8) is 0 Å². The number of nitrogens with two attached hydrogens (primary N) is 1. The van der Waals surface area contributed by atoms with Crippen molar-refractivity contribution in [1.29, 1.82) is 0 Å². The third kappa shape index (κ3) is 3.92. The van der Waals surface area contributed by atoms with Crippen LogP contribution in [0.5, 0.6) is 0 Å². The molecule has 0 atom stereocenters. The van der Waals surface area contributed by atoms with Crippen LogP contribution in [0.1, 0.15) is 22.5 Å². The van der Waals surface area contributed by atoms with Crippen molar-refractivity contribution in [3.8, 4) is 0 Å². The van der Waals surface area contributed by atoms with Crippen LogP contribution in [-0.4, -0.2) is 34.8 Å². The van der Waals surface area contributed by atoms with Gasteiger partial charge in [-0.1, -0.05) is 12.1 Å². The quantitative estimate of drug-likeness (QED) is 0.660. The Hall–Kier alpha value is -2.73. The zero-order valence-corrected chi connectivity index (χ0v) is 15.8. The maximum atomic E-state index is 13.1. The smallest absolute Gasteiger partial charge is 0.368 e. The van der Waals surface area contributed by atoms with Gasteiger partial charge in [-0.2, -0.15) is 17.7 Å². The van der Waals surface area contributed by atoms with Gasteiger partial charge in [0.25, 0.3) is 5.82 Å². The molecule has 0 saturated heterocycles. The number of benzene rings is 1. The number of aryl methyl sites for hydroxylation is 1. The second-order valence-corrected chi connectivity index (χ2v) is 7.78. The Balaban J connectivity index is 1.80. The first-order chi connectivity index (χ1) is 13.0. The predicted octanol–water partition coefficient (Wildman–Crippen LogP) is 2.06. The van der Waals surface area contributed by atoms with E-state index in [1.165, 1.54) is 12.1 Å². The summed E-state index contributed by atoms with van der Waals surface area (Å²) in [4.78, 5) is 0.00934. The highest BCUT2D eigenvalue weighted by Crippen LogP contribution is 2.29. The van der Waals surface area contributed by atoms with E-state index < -0.39 is 22.0 Å². The van der Waals surface area contributed by atoms with Crippen LogP contribution < -0.4 is 10.5 Å². The lowest BCUT2D eigenvalue weighted by molar-refractivity contribution is -0.146. The van der Waals surface area contributed by atoms with Crippen LogP contribution in [0.15, 0.2) is 29.2 Å². The zero-order valence-electron chi connectivity index (χ0n) is 14.9. The minimum absolute atomic E-state index is 0.00934. The van der Waals surface area contributed by atoms with E-state index in [9.17, 15) is 21.6 Å². The molecule has 0 aliphatic heterocycles. The topological polar surface area (TPSA) is 115 Å². The van der Waals surface area contributed by atoms with Crippen molar-refractivity contribution in [2.45, 2.75) is 31.3 Å². The summed E-state index contributed by atoms with van der Waals surface area (Å²) >= 11 is 0. The Morgan fingerprint density at radius 2 is 1.75 bits per heavy atom. The van der Waals surface area contributed by atoms with Gasteiger partial charge in [-0.15, -0.1) is 15.3 Å². The fourth-order valence-corrected chi connectivity index (χ4v) is 3.16. The molecule has 150 valence electrons. The number of nitrogens with zero attached hydrogens (tertiary/aromatic N) is 4. The first kappa shape index (κ1) is 20.0. The summed E-state index contributed by atoms with van der Waals surface area (Å²) in [7, 11) is -3.76. The Morgan fingerprint density at radius 3 is 2.32 bits per heavy atom. The SMILES string of the molecule is Cc1c(NCCc2ccc(S(N)(=O)=O)cc2)nn2c(C(F)(F)F)nnc2c1C. The molecule has 12 heteroatoms. The molecule has 2 heterocycles. The molecule has 1 aromatic carbocycles. The highest BCUT2D eigenvalue weighted by atomic mass is 32.2. The summed E-state index contributed by atoms with van der Waals surface area (Å²) in [5.74, 6) is -0.899. The molecule has 3 rings (SSSR count). The van der Waals surface area contributed by atoms with Gasteiger partial charge >= 0.3 is 6.18 Å². The molecule has 0 amide bonds. The van der Waals surface area contributed by atoms with Gasteiger partial charge in [0.15, 0.2) is 5.65 Å². The highest BCUT2D eigenvalue weighted by Gasteiger charge is 2.38. The zero-order chi connectivity index (χ0) is 20.7. The van der Waals surface area contributed by atoms with Gasteiger partial charge in [0.2, 0.25) is 10.0 Å². The van der Waals surface area contributed by atoms with Gasteiger partial charge < -0.3 is 5.32 Å².